The molecule has 0 radical (unpaired) electrons. The van der Waals surface area contributed by atoms with Gasteiger partial charge in [0, 0.05) is 38.0 Å². The lowest BCUT2D eigenvalue weighted by molar-refractivity contribution is -0.119. The van der Waals surface area contributed by atoms with Crippen molar-refractivity contribution >= 4 is 5.91 Å². The van der Waals surface area contributed by atoms with Crippen molar-refractivity contribution in [1.82, 2.24) is 20.1 Å². The van der Waals surface area contributed by atoms with E-state index in [4.69, 9.17) is 14.8 Å². The average Bonchev–Trinajstić information content (AvgIpc) is 3.42. The Morgan fingerprint density at radius 1 is 1.11 bits per heavy atom. The van der Waals surface area contributed by atoms with Gasteiger partial charge in [-0.3, -0.25) is 4.79 Å². The molecule has 1 amide bonds. The van der Waals surface area contributed by atoms with E-state index in [0.717, 1.165) is 62.7 Å². The molecule has 0 saturated carbocycles. The number of aryl methyl sites for hydroxylation is 2. The van der Waals surface area contributed by atoms with Crippen molar-refractivity contribution in [3.63, 3.8) is 0 Å². The van der Waals surface area contributed by atoms with Gasteiger partial charge >= 0.3 is 0 Å². The van der Waals surface area contributed by atoms with Crippen LogP contribution in [0.5, 0.6) is 0 Å². The number of rotatable bonds is 4. The van der Waals surface area contributed by atoms with Crippen molar-refractivity contribution in [3.8, 4) is 5.69 Å². The maximum absolute atomic E-state index is 11.6. The molecule has 1 N–H and O–H groups in total. The Bertz CT molecular complexity index is 854. The lowest BCUT2D eigenvalue weighted by atomic mass is 10.00. The van der Waals surface area contributed by atoms with Gasteiger partial charge in [-0.2, -0.15) is 5.10 Å². The first-order chi connectivity index (χ1) is 13.3. The zero-order valence-electron chi connectivity index (χ0n) is 15.6. The Balaban J connectivity index is 1.49. The summed E-state index contributed by atoms with van der Waals surface area (Å²) in [4.78, 5) is 16.5. The normalized spacial score (nSPS) is 22.8. The molecule has 1 aromatic heterocycles. The number of aromatic nitrogens is 3. The van der Waals surface area contributed by atoms with Gasteiger partial charge < -0.3 is 10.1 Å². The topological polar surface area (TPSA) is 69.0 Å². The summed E-state index contributed by atoms with van der Waals surface area (Å²) < 4.78 is 7.52. The van der Waals surface area contributed by atoms with E-state index in [0.29, 0.717) is 12.3 Å². The average molecular weight is 366 g/mol. The molecular weight excluding hydrogens is 340 g/mol. The first-order valence-corrected chi connectivity index (χ1v) is 10.2. The first kappa shape index (κ1) is 16.9. The van der Waals surface area contributed by atoms with E-state index in [1.54, 1.807) is 0 Å². The van der Waals surface area contributed by atoms with Crippen LogP contribution in [-0.2, 0) is 28.8 Å². The number of nitrogens with zero attached hydrogens (tertiary/aromatic N) is 3. The summed E-state index contributed by atoms with van der Waals surface area (Å²) in [7, 11) is 0. The summed E-state index contributed by atoms with van der Waals surface area (Å²) in [5.41, 5.74) is 4.00. The van der Waals surface area contributed by atoms with Gasteiger partial charge in [-0.25, -0.2) is 9.67 Å². The van der Waals surface area contributed by atoms with Crippen LogP contribution in [-0.4, -0.2) is 39.9 Å². The lowest BCUT2D eigenvalue weighted by Crippen LogP contribution is -2.28. The van der Waals surface area contributed by atoms with Crippen LogP contribution in [0.4, 0.5) is 0 Å². The highest BCUT2D eigenvalue weighted by Gasteiger charge is 2.27. The van der Waals surface area contributed by atoms with Crippen molar-refractivity contribution in [2.24, 2.45) is 0 Å². The van der Waals surface area contributed by atoms with Crippen LogP contribution in [0, 0.1) is 0 Å². The zero-order valence-corrected chi connectivity index (χ0v) is 15.6. The van der Waals surface area contributed by atoms with Crippen LogP contribution < -0.4 is 5.32 Å². The highest BCUT2D eigenvalue weighted by molar-refractivity contribution is 5.78. The van der Waals surface area contributed by atoms with Crippen LogP contribution in [0.2, 0.25) is 0 Å². The van der Waals surface area contributed by atoms with Crippen LogP contribution in [0.15, 0.2) is 18.2 Å². The number of hydrogen-bond acceptors (Lipinski definition) is 4. The number of fused-ring (bicyclic) bond motifs is 1. The van der Waals surface area contributed by atoms with Gasteiger partial charge in [0.15, 0.2) is 5.82 Å². The Kier molecular flexibility index (Phi) is 4.44. The molecule has 5 rings (SSSR count). The fourth-order valence-corrected chi connectivity index (χ4v) is 4.57. The standard InChI is InChI=1S/C21H26N4O2/c26-20-7-5-17(22-20)13-19-23-21(15-8-10-27-11-9-15)24-25(19)18-6-4-14-2-1-3-16(14)12-18/h4,6,12,15,17H,1-3,5,7-11,13H2,(H,22,26)/t17-/m1/s1. The number of amides is 1. The molecule has 2 aromatic rings. The summed E-state index contributed by atoms with van der Waals surface area (Å²) in [5.74, 6) is 2.40. The molecule has 2 aliphatic heterocycles. The summed E-state index contributed by atoms with van der Waals surface area (Å²) >= 11 is 0. The molecule has 142 valence electrons. The van der Waals surface area contributed by atoms with Crippen molar-refractivity contribution < 1.29 is 9.53 Å². The number of carbonyl (C=O) groups is 1. The molecule has 6 heteroatoms. The van der Waals surface area contributed by atoms with E-state index in [-0.39, 0.29) is 11.9 Å². The SMILES string of the molecule is O=C1CC[C@H](Cc2nc(C3CCOCC3)nn2-c2ccc3c(c2)CCC3)N1. The number of hydrogen-bond donors (Lipinski definition) is 1. The summed E-state index contributed by atoms with van der Waals surface area (Å²) in [6.45, 7) is 1.57. The third-order valence-electron chi connectivity index (χ3n) is 6.12. The molecular formula is C21H26N4O2. The van der Waals surface area contributed by atoms with Crippen molar-refractivity contribution in [2.75, 3.05) is 13.2 Å². The second-order valence-electron chi connectivity index (χ2n) is 8.00. The largest absolute Gasteiger partial charge is 0.381 e. The predicted octanol–water partition coefficient (Wildman–Crippen LogP) is 2.47. The minimum absolute atomic E-state index is 0.147. The molecule has 3 heterocycles. The minimum atomic E-state index is 0.147. The first-order valence-electron chi connectivity index (χ1n) is 10.2. The fraction of sp³-hybridized carbons (Fsp3) is 0.571. The molecule has 27 heavy (non-hydrogen) atoms. The number of nitrogens with one attached hydrogen (secondary N) is 1. The second kappa shape index (κ2) is 7.08. The molecule has 6 nitrogen and oxygen atoms in total. The van der Waals surface area contributed by atoms with E-state index in [1.165, 1.54) is 24.0 Å². The Morgan fingerprint density at radius 3 is 2.78 bits per heavy atom. The van der Waals surface area contributed by atoms with Gasteiger partial charge in [-0.15, -0.1) is 0 Å². The van der Waals surface area contributed by atoms with Gasteiger partial charge in [0.2, 0.25) is 5.91 Å². The minimum Gasteiger partial charge on any atom is -0.381 e. The number of ether oxygens (including phenoxy) is 1. The molecule has 1 aromatic carbocycles. The Labute approximate surface area is 159 Å². The molecule has 1 aliphatic carbocycles. The van der Waals surface area contributed by atoms with Gasteiger partial charge in [-0.1, -0.05) is 6.07 Å². The van der Waals surface area contributed by atoms with Gasteiger partial charge in [0.25, 0.3) is 0 Å². The van der Waals surface area contributed by atoms with Crippen LogP contribution >= 0.6 is 0 Å². The number of benzene rings is 1. The van der Waals surface area contributed by atoms with Crippen LogP contribution in [0.25, 0.3) is 5.69 Å². The van der Waals surface area contributed by atoms with Crippen LogP contribution in [0.3, 0.4) is 0 Å². The van der Waals surface area contributed by atoms with Gasteiger partial charge in [0.1, 0.15) is 5.82 Å². The third kappa shape index (κ3) is 3.38. The predicted molar refractivity (Wildman–Crippen MR) is 101 cm³/mol. The molecule has 0 bridgehead atoms. The second-order valence-corrected chi connectivity index (χ2v) is 8.00. The molecule has 0 spiro atoms. The van der Waals surface area contributed by atoms with Crippen LogP contribution in [0.1, 0.15) is 60.8 Å². The van der Waals surface area contributed by atoms with Crippen molar-refractivity contribution in [2.45, 2.75) is 63.3 Å². The fourth-order valence-electron chi connectivity index (χ4n) is 4.57. The van der Waals surface area contributed by atoms with E-state index in [1.807, 2.05) is 4.68 Å². The van der Waals surface area contributed by atoms with Gasteiger partial charge in [-0.05, 0) is 61.8 Å². The third-order valence-corrected chi connectivity index (χ3v) is 6.12. The lowest BCUT2D eigenvalue weighted by Gasteiger charge is -2.18. The summed E-state index contributed by atoms with van der Waals surface area (Å²) in [6, 6.07) is 6.86. The van der Waals surface area contributed by atoms with E-state index in [2.05, 4.69) is 23.5 Å². The Morgan fingerprint density at radius 2 is 1.96 bits per heavy atom. The van der Waals surface area contributed by atoms with Gasteiger partial charge in [0.05, 0.1) is 5.69 Å². The Hall–Kier alpha value is -2.21. The molecule has 2 fully saturated rings. The molecule has 3 aliphatic rings. The highest BCUT2D eigenvalue weighted by Crippen LogP contribution is 2.28. The maximum atomic E-state index is 11.6. The maximum Gasteiger partial charge on any atom is 0.220 e. The van der Waals surface area contributed by atoms with E-state index < -0.39 is 0 Å². The summed E-state index contributed by atoms with van der Waals surface area (Å²) in [6.07, 6.45) is 7.76. The monoisotopic (exact) mass is 366 g/mol. The molecule has 2 saturated heterocycles. The van der Waals surface area contributed by atoms with E-state index in [9.17, 15) is 4.79 Å². The van der Waals surface area contributed by atoms with Crippen molar-refractivity contribution in [3.05, 3.63) is 41.0 Å². The quantitative estimate of drug-likeness (QED) is 0.903. The highest BCUT2D eigenvalue weighted by atomic mass is 16.5. The van der Waals surface area contributed by atoms with Crippen molar-refractivity contribution in [1.29, 1.82) is 0 Å². The van der Waals surface area contributed by atoms with E-state index >= 15 is 0 Å². The summed E-state index contributed by atoms with van der Waals surface area (Å²) in [5, 5.41) is 8.00. The smallest absolute Gasteiger partial charge is 0.220 e. The zero-order chi connectivity index (χ0) is 18.2. The molecule has 1 atom stereocenters. The number of carbonyl (C=O) groups excluding carboxylic acids is 1. The molecule has 0 unspecified atom stereocenters.